The number of carbonyl (C=O) groups excluding carboxylic acids is 2. The van der Waals surface area contributed by atoms with Gasteiger partial charge < -0.3 is 16.0 Å². The van der Waals surface area contributed by atoms with Gasteiger partial charge in [0.2, 0.25) is 11.8 Å². The van der Waals surface area contributed by atoms with Gasteiger partial charge in [0.05, 0.1) is 6.04 Å². The molecular formula is C16H22Cl2N4O2. The van der Waals surface area contributed by atoms with Crippen molar-refractivity contribution in [1.29, 1.82) is 0 Å². The molecule has 24 heavy (non-hydrogen) atoms. The highest BCUT2D eigenvalue weighted by molar-refractivity contribution is 6.35. The lowest BCUT2D eigenvalue weighted by molar-refractivity contribution is -0.130. The molecule has 0 radical (unpaired) electrons. The van der Waals surface area contributed by atoms with E-state index in [4.69, 9.17) is 23.2 Å². The second-order valence-electron chi connectivity index (χ2n) is 5.82. The molecule has 0 spiro atoms. The maximum atomic E-state index is 12.3. The Morgan fingerprint density at radius 2 is 2.17 bits per heavy atom. The Morgan fingerprint density at radius 1 is 1.42 bits per heavy atom. The molecule has 1 unspecified atom stereocenters. The molecule has 1 fully saturated rings. The van der Waals surface area contributed by atoms with Crippen LogP contribution in [0.4, 0.5) is 0 Å². The van der Waals surface area contributed by atoms with E-state index in [0.29, 0.717) is 29.7 Å². The van der Waals surface area contributed by atoms with E-state index in [0.717, 1.165) is 12.1 Å². The fraction of sp³-hybridized carbons (Fsp3) is 0.500. The number of likely N-dealkylation sites (N-methyl/N-ethyl adjacent to an activating group) is 1. The SMILES string of the molecule is CNC(=O)[C@@H](C)NC(=O)C1CN(Cc2ccc(Cl)cc2Cl)CCN1. The summed E-state index contributed by atoms with van der Waals surface area (Å²) in [6.07, 6.45) is 0. The average molecular weight is 373 g/mol. The molecule has 8 heteroatoms. The van der Waals surface area contributed by atoms with Crippen LogP contribution >= 0.6 is 23.2 Å². The number of hydrogen-bond donors (Lipinski definition) is 3. The molecule has 2 amide bonds. The van der Waals surface area contributed by atoms with Crippen molar-refractivity contribution < 1.29 is 9.59 Å². The molecule has 1 heterocycles. The van der Waals surface area contributed by atoms with Crippen molar-refractivity contribution in [2.24, 2.45) is 0 Å². The van der Waals surface area contributed by atoms with Gasteiger partial charge in [0.1, 0.15) is 6.04 Å². The lowest BCUT2D eigenvalue weighted by Crippen LogP contribution is -2.59. The Labute approximate surface area is 151 Å². The summed E-state index contributed by atoms with van der Waals surface area (Å²) >= 11 is 12.1. The fourth-order valence-corrected chi connectivity index (χ4v) is 3.09. The molecule has 6 nitrogen and oxygen atoms in total. The molecule has 1 aromatic carbocycles. The van der Waals surface area contributed by atoms with E-state index in [1.807, 2.05) is 6.07 Å². The lowest BCUT2D eigenvalue weighted by Gasteiger charge is -2.33. The first-order chi connectivity index (χ1) is 11.4. The van der Waals surface area contributed by atoms with Crippen molar-refractivity contribution >= 4 is 35.0 Å². The van der Waals surface area contributed by atoms with Crippen LogP contribution in [0.1, 0.15) is 12.5 Å². The first-order valence-corrected chi connectivity index (χ1v) is 8.58. The molecule has 1 aliphatic rings. The van der Waals surface area contributed by atoms with Crippen LogP contribution in [0.25, 0.3) is 0 Å². The van der Waals surface area contributed by atoms with Gasteiger partial charge in [-0.15, -0.1) is 0 Å². The number of halogens is 2. The van der Waals surface area contributed by atoms with E-state index in [1.165, 1.54) is 0 Å². The van der Waals surface area contributed by atoms with Crippen LogP contribution in [0, 0.1) is 0 Å². The number of carbonyl (C=O) groups is 2. The minimum absolute atomic E-state index is 0.182. The Morgan fingerprint density at radius 3 is 2.83 bits per heavy atom. The minimum atomic E-state index is -0.564. The van der Waals surface area contributed by atoms with Crippen LogP contribution in [0.2, 0.25) is 10.0 Å². The Kier molecular flexibility index (Phi) is 6.86. The predicted octanol–water partition coefficient (Wildman–Crippen LogP) is 1.02. The van der Waals surface area contributed by atoms with Crippen molar-refractivity contribution in [3.63, 3.8) is 0 Å². The Hall–Kier alpha value is -1.34. The number of hydrogen-bond acceptors (Lipinski definition) is 4. The molecule has 0 aliphatic carbocycles. The molecule has 0 saturated carbocycles. The average Bonchev–Trinajstić information content (AvgIpc) is 2.56. The molecule has 1 saturated heterocycles. The summed E-state index contributed by atoms with van der Waals surface area (Å²) in [4.78, 5) is 26.0. The van der Waals surface area contributed by atoms with Gasteiger partial charge >= 0.3 is 0 Å². The highest BCUT2D eigenvalue weighted by Gasteiger charge is 2.27. The number of amides is 2. The molecule has 3 N–H and O–H groups in total. The molecule has 2 atom stereocenters. The molecule has 1 aliphatic heterocycles. The van der Waals surface area contributed by atoms with Gasteiger partial charge in [0.25, 0.3) is 0 Å². The van der Waals surface area contributed by atoms with Gasteiger partial charge in [-0.05, 0) is 24.6 Å². The third kappa shape index (κ3) is 5.08. The van der Waals surface area contributed by atoms with Gasteiger partial charge in [-0.1, -0.05) is 29.3 Å². The summed E-state index contributed by atoms with van der Waals surface area (Å²) in [5.41, 5.74) is 0.973. The Balaban J connectivity index is 1.93. The molecule has 0 bridgehead atoms. The fourth-order valence-electron chi connectivity index (χ4n) is 2.62. The molecule has 2 rings (SSSR count). The van der Waals surface area contributed by atoms with Crippen molar-refractivity contribution in [1.82, 2.24) is 20.9 Å². The standard InChI is InChI=1S/C16H22Cl2N4O2/c1-10(15(23)19-2)21-16(24)14-9-22(6-5-20-14)8-11-3-4-12(17)7-13(11)18/h3-4,7,10,14,20H,5-6,8-9H2,1-2H3,(H,19,23)(H,21,24)/t10-,14?/m1/s1. The van der Waals surface area contributed by atoms with Gasteiger partial charge in [0.15, 0.2) is 0 Å². The normalized spacial score (nSPS) is 19.6. The highest BCUT2D eigenvalue weighted by Crippen LogP contribution is 2.22. The second-order valence-corrected chi connectivity index (χ2v) is 6.67. The van der Waals surface area contributed by atoms with E-state index >= 15 is 0 Å². The van der Waals surface area contributed by atoms with Crippen LogP contribution in [0.3, 0.4) is 0 Å². The zero-order valence-electron chi connectivity index (χ0n) is 13.7. The van der Waals surface area contributed by atoms with Crippen molar-refractivity contribution in [2.45, 2.75) is 25.6 Å². The first-order valence-electron chi connectivity index (χ1n) is 7.82. The van der Waals surface area contributed by atoms with E-state index < -0.39 is 6.04 Å². The summed E-state index contributed by atoms with van der Waals surface area (Å²) in [5.74, 6) is -0.401. The predicted molar refractivity (Wildman–Crippen MR) is 95.2 cm³/mol. The maximum Gasteiger partial charge on any atom is 0.242 e. The van der Waals surface area contributed by atoms with Crippen molar-refractivity contribution in [3.8, 4) is 0 Å². The van der Waals surface area contributed by atoms with Gasteiger partial charge in [-0.3, -0.25) is 14.5 Å². The minimum Gasteiger partial charge on any atom is -0.357 e. The molecule has 0 aromatic heterocycles. The second kappa shape index (κ2) is 8.67. The van der Waals surface area contributed by atoms with Gasteiger partial charge in [0, 0.05) is 43.3 Å². The van der Waals surface area contributed by atoms with Gasteiger partial charge in [-0.25, -0.2) is 0 Å². The van der Waals surface area contributed by atoms with E-state index in [-0.39, 0.29) is 17.9 Å². The maximum absolute atomic E-state index is 12.3. The van der Waals surface area contributed by atoms with Crippen LogP contribution in [0.15, 0.2) is 18.2 Å². The Bertz CT molecular complexity index is 612. The summed E-state index contributed by atoms with van der Waals surface area (Å²) in [5, 5.41) is 9.64. The summed E-state index contributed by atoms with van der Waals surface area (Å²) < 4.78 is 0. The first kappa shape index (κ1) is 19.0. The zero-order valence-corrected chi connectivity index (χ0v) is 15.2. The third-order valence-electron chi connectivity index (χ3n) is 3.98. The number of nitrogens with zero attached hydrogens (tertiary/aromatic N) is 1. The quantitative estimate of drug-likeness (QED) is 0.721. The van der Waals surface area contributed by atoms with Crippen LogP contribution in [0.5, 0.6) is 0 Å². The number of benzene rings is 1. The van der Waals surface area contributed by atoms with E-state index in [1.54, 1.807) is 26.1 Å². The van der Waals surface area contributed by atoms with Gasteiger partial charge in [-0.2, -0.15) is 0 Å². The number of nitrogens with one attached hydrogen (secondary N) is 3. The van der Waals surface area contributed by atoms with E-state index in [9.17, 15) is 9.59 Å². The monoisotopic (exact) mass is 372 g/mol. The lowest BCUT2D eigenvalue weighted by atomic mass is 10.1. The molecule has 1 aromatic rings. The number of piperazine rings is 1. The van der Waals surface area contributed by atoms with E-state index in [2.05, 4.69) is 20.9 Å². The number of rotatable bonds is 5. The summed E-state index contributed by atoms with van der Waals surface area (Å²) in [6, 6.07) is 4.49. The van der Waals surface area contributed by atoms with Crippen molar-refractivity contribution in [2.75, 3.05) is 26.7 Å². The summed E-state index contributed by atoms with van der Waals surface area (Å²) in [6.45, 7) is 4.36. The highest BCUT2D eigenvalue weighted by atomic mass is 35.5. The molecular weight excluding hydrogens is 351 g/mol. The van der Waals surface area contributed by atoms with Crippen LogP contribution < -0.4 is 16.0 Å². The smallest absolute Gasteiger partial charge is 0.242 e. The summed E-state index contributed by atoms with van der Waals surface area (Å²) in [7, 11) is 1.54. The third-order valence-corrected chi connectivity index (χ3v) is 4.57. The van der Waals surface area contributed by atoms with Crippen LogP contribution in [-0.2, 0) is 16.1 Å². The van der Waals surface area contributed by atoms with Crippen molar-refractivity contribution in [3.05, 3.63) is 33.8 Å². The molecule has 132 valence electrons. The zero-order chi connectivity index (χ0) is 17.7. The topological polar surface area (TPSA) is 73.5 Å². The van der Waals surface area contributed by atoms with Crippen LogP contribution in [-0.4, -0.2) is 55.5 Å². The largest absolute Gasteiger partial charge is 0.357 e.